The fraction of sp³-hybridized carbons (Fsp3) is 0.400. The average Bonchev–Trinajstić information content (AvgIpc) is 3.18. The summed E-state index contributed by atoms with van der Waals surface area (Å²) < 4.78 is 0. The monoisotopic (exact) mass is 453 g/mol. The maximum absolute atomic E-state index is 13.2. The molecule has 1 heterocycles. The number of aliphatic hydroxyl groups excluding tert-OH is 1. The molecule has 0 spiro atoms. The first-order chi connectivity index (χ1) is 15.8. The van der Waals surface area contributed by atoms with Crippen LogP contribution in [0.15, 0.2) is 60.7 Å². The van der Waals surface area contributed by atoms with Gasteiger partial charge in [0.15, 0.2) is 6.10 Å². The van der Waals surface area contributed by atoms with Crippen LogP contribution < -0.4 is 10.8 Å². The molecule has 33 heavy (non-hydrogen) atoms. The van der Waals surface area contributed by atoms with E-state index in [0.717, 1.165) is 11.1 Å². The van der Waals surface area contributed by atoms with Crippen molar-refractivity contribution < 1.29 is 24.3 Å². The summed E-state index contributed by atoms with van der Waals surface area (Å²) in [6.07, 6.45) is -0.900. The summed E-state index contributed by atoms with van der Waals surface area (Å²) in [5, 5.41) is 13.5. The number of hydrogen-bond acceptors (Lipinski definition) is 5. The smallest absolute Gasteiger partial charge is 0.274 e. The lowest BCUT2D eigenvalue weighted by atomic mass is 10.00. The molecule has 176 valence electrons. The van der Waals surface area contributed by atoms with Crippen LogP contribution in [0.2, 0.25) is 0 Å². The van der Waals surface area contributed by atoms with E-state index in [2.05, 4.69) is 10.8 Å². The Morgan fingerprint density at radius 3 is 2.27 bits per heavy atom. The number of nitrogens with one attached hydrogen (secondary N) is 2. The van der Waals surface area contributed by atoms with Gasteiger partial charge in [0.25, 0.3) is 5.91 Å². The van der Waals surface area contributed by atoms with Crippen molar-refractivity contribution in [1.82, 2.24) is 15.7 Å². The summed E-state index contributed by atoms with van der Waals surface area (Å²) in [6, 6.07) is 17.2. The highest BCUT2D eigenvalue weighted by Crippen LogP contribution is 2.22. The summed E-state index contributed by atoms with van der Waals surface area (Å²) >= 11 is 0. The second-order valence-corrected chi connectivity index (χ2v) is 8.44. The van der Waals surface area contributed by atoms with E-state index in [1.54, 1.807) is 18.7 Å². The number of hydrogen-bond donors (Lipinski definition) is 3. The number of aliphatic hydroxyl groups is 1. The van der Waals surface area contributed by atoms with Crippen molar-refractivity contribution in [2.45, 2.75) is 63.9 Å². The second kappa shape index (κ2) is 11.6. The first-order valence-corrected chi connectivity index (χ1v) is 11.2. The number of carbonyl (C=O) groups is 3. The Hall–Kier alpha value is -3.23. The van der Waals surface area contributed by atoms with Crippen LogP contribution in [0.5, 0.6) is 0 Å². The van der Waals surface area contributed by atoms with Gasteiger partial charge in [-0.1, -0.05) is 60.7 Å². The quantitative estimate of drug-likeness (QED) is 0.475. The van der Waals surface area contributed by atoms with E-state index in [9.17, 15) is 19.5 Å². The third kappa shape index (κ3) is 6.87. The molecule has 1 aliphatic heterocycles. The fourth-order valence-electron chi connectivity index (χ4n) is 3.79. The van der Waals surface area contributed by atoms with Crippen molar-refractivity contribution in [3.8, 4) is 0 Å². The van der Waals surface area contributed by atoms with Gasteiger partial charge in [0.2, 0.25) is 11.8 Å². The molecule has 0 aromatic heterocycles. The first kappa shape index (κ1) is 24.4. The molecular formula is C25H31N3O5. The molecule has 3 N–H and O–H groups in total. The van der Waals surface area contributed by atoms with Crippen LogP contribution in [0, 0.1) is 0 Å². The molecular weight excluding hydrogens is 422 g/mol. The van der Waals surface area contributed by atoms with E-state index in [-0.39, 0.29) is 24.9 Å². The Morgan fingerprint density at radius 2 is 1.67 bits per heavy atom. The van der Waals surface area contributed by atoms with Crippen LogP contribution in [0.25, 0.3) is 0 Å². The van der Waals surface area contributed by atoms with Crippen LogP contribution in [0.1, 0.15) is 37.8 Å². The Bertz CT molecular complexity index is 936. The molecule has 1 saturated heterocycles. The van der Waals surface area contributed by atoms with Gasteiger partial charge in [-0.2, -0.15) is 0 Å². The number of likely N-dealkylation sites (tertiary alicyclic amines) is 1. The van der Waals surface area contributed by atoms with Crippen LogP contribution in [0.3, 0.4) is 0 Å². The molecule has 3 amide bonds. The zero-order valence-corrected chi connectivity index (χ0v) is 18.9. The average molecular weight is 454 g/mol. The minimum Gasteiger partial charge on any atom is -0.381 e. The fourth-order valence-corrected chi connectivity index (χ4v) is 3.79. The van der Waals surface area contributed by atoms with E-state index in [1.165, 1.54) is 0 Å². The van der Waals surface area contributed by atoms with E-state index < -0.39 is 30.0 Å². The Kier molecular flexibility index (Phi) is 8.57. The van der Waals surface area contributed by atoms with Crippen LogP contribution in [-0.2, 0) is 32.2 Å². The SMILES string of the molecule is CC(C)ONC(=O)C(O)C(Cc1ccccc1)NC(=O)[C@H]1CCC(=O)N1Cc1ccccc1. The van der Waals surface area contributed by atoms with Gasteiger partial charge in [-0.3, -0.25) is 19.2 Å². The molecule has 8 nitrogen and oxygen atoms in total. The molecule has 2 unspecified atom stereocenters. The molecule has 2 aromatic carbocycles. The van der Waals surface area contributed by atoms with Gasteiger partial charge < -0.3 is 15.3 Å². The third-order valence-electron chi connectivity index (χ3n) is 5.50. The molecule has 3 rings (SSSR count). The van der Waals surface area contributed by atoms with Crippen LogP contribution in [0.4, 0.5) is 0 Å². The van der Waals surface area contributed by atoms with Crippen molar-refractivity contribution in [2.75, 3.05) is 0 Å². The van der Waals surface area contributed by atoms with E-state index in [0.29, 0.717) is 13.0 Å². The maximum Gasteiger partial charge on any atom is 0.274 e. The van der Waals surface area contributed by atoms with Gasteiger partial charge in [0, 0.05) is 13.0 Å². The third-order valence-corrected chi connectivity index (χ3v) is 5.50. The summed E-state index contributed by atoms with van der Waals surface area (Å²) in [4.78, 5) is 44.8. The normalized spacial score (nSPS) is 17.6. The molecule has 0 aliphatic carbocycles. The van der Waals surface area contributed by atoms with Crippen LogP contribution >= 0.6 is 0 Å². The zero-order chi connectivity index (χ0) is 23.8. The van der Waals surface area contributed by atoms with E-state index in [1.807, 2.05) is 60.7 Å². The highest BCUT2D eigenvalue weighted by molar-refractivity contribution is 5.91. The lowest BCUT2D eigenvalue weighted by Crippen LogP contribution is -2.55. The molecule has 0 saturated carbocycles. The van der Waals surface area contributed by atoms with Gasteiger partial charge >= 0.3 is 0 Å². The summed E-state index contributed by atoms with van der Waals surface area (Å²) in [6.45, 7) is 3.81. The Morgan fingerprint density at radius 1 is 1.06 bits per heavy atom. The maximum atomic E-state index is 13.2. The molecule has 1 fully saturated rings. The number of carbonyl (C=O) groups excluding carboxylic acids is 3. The number of benzene rings is 2. The minimum atomic E-state index is -1.53. The number of hydroxylamine groups is 1. The Balaban J connectivity index is 1.73. The topological polar surface area (TPSA) is 108 Å². The molecule has 2 aromatic rings. The molecule has 3 atom stereocenters. The standard InChI is InChI=1S/C25H31N3O5/c1-17(2)33-27-25(32)23(30)20(15-18-9-5-3-6-10-18)26-24(31)21-13-14-22(29)28(21)16-19-11-7-4-8-12-19/h3-12,17,20-21,23,30H,13-16H2,1-2H3,(H,26,31)(H,27,32)/t20?,21-,23?/m1/s1. The molecule has 0 bridgehead atoms. The Labute approximate surface area is 193 Å². The zero-order valence-electron chi connectivity index (χ0n) is 18.9. The van der Waals surface area contributed by atoms with E-state index >= 15 is 0 Å². The van der Waals surface area contributed by atoms with Crippen molar-refractivity contribution >= 4 is 17.7 Å². The van der Waals surface area contributed by atoms with Gasteiger partial charge in [0.05, 0.1) is 12.1 Å². The molecule has 0 radical (unpaired) electrons. The predicted octanol–water partition coefficient (Wildman–Crippen LogP) is 1.72. The van der Waals surface area contributed by atoms with Crippen molar-refractivity contribution in [1.29, 1.82) is 0 Å². The van der Waals surface area contributed by atoms with Gasteiger partial charge in [-0.05, 0) is 37.8 Å². The van der Waals surface area contributed by atoms with Crippen LogP contribution in [-0.4, -0.2) is 52.0 Å². The van der Waals surface area contributed by atoms with Gasteiger partial charge in [-0.15, -0.1) is 0 Å². The minimum absolute atomic E-state index is 0.0952. The molecule has 8 heteroatoms. The van der Waals surface area contributed by atoms with E-state index in [4.69, 9.17) is 4.84 Å². The number of nitrogens with zero attached hydrogens (tertiary/aromatic N) is 1. The lowest BCUT2D eigenvalue weighted by molar-refractivity contribution is -0.148. The first-order valence-electron chi connectivity index (χ1n) is 11.2. The summed E-state index contributed by atoms with van der Waals surface area (Å²) in [7, 11) is 0. The van der Waals surface area contributed by atoms with Gasteiger partial charge in [0.1, 0.15) is 6.04 Å². The van der Waals surface area contributed by atoms with Gasteiger partial charge in [-0.25, -0.2) is 5.48 Å². The van der Waals surface area contributed by atoms with Crippen molar-refractivity contribution in [3.63, 3.8) is 0 Å². The van der Waals surface area contributed by atoms with Crippen molar-refractivity contribution in [3.05, 3.63) is 71.8 Å². The number of rotatable bonds is 10. The largest absolute Gasteiger partial charge is 0.381 e. The highest BCUT2D eigenvalue weighted by atomic mass is 16.7. The molecule has 1 aliphatic rings. The summed E-state index contributed by atoms with van der Waals surface area (Å²) in [5.74, 6) is -1.23. The van der Waals surface area contributed by atoms with Crippen molar-refractivity contribution in [2.24, 2.45) is 0 Å². The highest BCUT2D eigenvalue weighted by Gasteiger charge is 2.38. The summed E-state index contributed by atoms with van der Waals surface area (Å²) in [5.41, 5.74) is 4.01. The number of amides is 3. The predicted molar refractivity (Wildman–Crippen MR) is 122 cm³/mol. The lowest BCUT2D eigenvalue weighted by Gasteiger charge is -2.28. The second-order valence-electron chi connectivity index (χ2n) is 8.44.